The number of halogens is 2. The van der Waals surface area contributed by atoms with Crippen molar-refractivity contribution in [2.45, 2.75) is 24.9 Å². The van der Waals surface area contributed by atoms with Gasteiger partial charge in [0.2, 0.25) is 0 Å². The van der Waals surface area contributed by atoms with E-state index in [0.29, 0.717) is 0 Å². The molecule has 0 radical (unpaired) electrons. The number of carbonyl (C=O) groups excluding carboxylic acids is 1. The third kappa shape index (κ3) is 1.33. The Bertz CT molecular complexity index is 188. The zero-order chi connectivity index (χ0) is 8.70. The summed E-state index contributed by atoms with van der Waals surface area (Å²) in [5, 5.41) is 9.02. The summed E-state index contributed by atoms with van der Waals surface area (Å²) in [6, 6.07) is 0. The monoisotopic (exact) mass is 166 g/mol. The Balaban J connectivity index is 2.80. The van der Waals surface area contributed by atoms with Crippen molar-refractivity contribution in [3.05, 3.63) is 0 Å². The first-order valence-corrected chi connectivity index (χ1v) is 3.11. The van der Waals surface area contributed by atoms with Gasteiger partial charge >= 0.3 is 11.9 Å². The van der Waals surface area contributed by atoms with Crippen molar-refractivity contribution in [1.82, 2.24) is 0 Å². The smallest absolute Gasteiger partial charge is 0.309 e. The predicted molar refractivity (Wildman–Crippen MR) is 31.1 cm³/mol. The quantitative estimate of drug-likeness (QED) is 0.527. The average molecular weight is 166 g/mol. The molecule has 1 unspecified atom stereocenters. The summed E-state index contributed by atoms with van der Waals surface area (Å²) in [5.74, 6) is -4.12. The summed E-state index contributed by atoms with van der Waals surface area (Å²) < 4.78 is 29.3. The lowest BCUT2D eigenvalue weighted by Gasteiger charge is -2.35. The second-order valence-electron chi connectivity index (χ2n) is 2.82. The maximum Gasteiger partial charge on any atom is 0.309 e. The van der Waals surface area contributed by atoms with Gasteiger partial charge in [0.15, 0.2) is 6.61 Å². The van der Waals surface area contributed by atoms with Crippen LogP contribution in [-0.4, -0.2) is 29.2 Å². The molecule has 1 heterocycles. The molecule has 1 atom stereocenters. The number of hydrogen-bond donors (Lipinski definition) is 1. The lowest BCUT2D eigenvalue weighted by atomic mass is 9.93. The highest BCUT2D eigenvalue weighted by atomic mass is 19.3. The van der Waals surface area contributed by atoms with E-state index in [1.165, 1.54) is 0 Å². The molecule has 5 heteroatoms. The first-order valence-electron chi connectivity index (χ1n) is 3.11. The highest BCUT2D eigenvalue weighted by molar-refractivity contribution is 5.72. The van der Waals surface area contributed by atoms with E-state index in [2.05, 4.69) is 4.74 Å². The maximum absolute atomic E-state index is 12.6. The molecule has 1 aliphatic heterocycles. The number of hydrogen-bond acceptors (Lipinski definition) is 3. The molecule has 1 saturated heterocycles. The molecule has 0 spiro atoms. The van der Waals surface area contributed by atoms with E-state index in [1.54, 1.807) is 0 Å². The molecule has 0 bridgehead atoms. The van der Waals surface area contributed by atoms with Crippen LogP contribution in [0.15, 0.2) is 0 Å². The normalized spacial score (nSPS) is 36.5. The number of carbonyl (C=O) groups is 1. The van der Waals surface area contributed by atoms with E-state index < -0.39 is 30.5 Å². The van der Waals surface area contributed by atoms with Gasteiger partial charge in [-0.25, -0.2) is 0 Å². The van der Waals surface area contributed by atoms with E-state index in [-0.39, 0.29) is 0 Å². The molecule has 11 heavy (non-hydrogen) atoms. The van der Waals surface area contributed by atoms with Crippen LogP contribution >= 0.6 is 0 Å². The Hall–Kier alpha value is -0.710. The SMILES string of the molecule is CC1(O)CC(=O)OCC1(F)F. The van der Waals surface area contributed by atoms with Crippen molar-refractivity contribution in [2.75, 3.05) is 6.61 Å². The van der Waals surface area contributed by atoms with Gasteiger partial charge in [0, 0.05) is 0 Å². The molecule has 1 fully saturated rings. The second kappa shape index (κ2) is 2.14. The molecular formula is C6H8F2O3. The molecule has 0 aromatic carbocycles. The van der Waals surface area contributed by atoms with Crippen molar-refractivity contribution in [3.8, 4) is 0 Å². The van der Waals surface area contributed by atoms with Gasteiger partial charge < -0.3 is 9.84 Å². The van der Waals surface area contributed by atoms with Crippen molar-refractivity contribution >= 4 is 5.97 Å². The molecule has 1 N–H and O–H groups in total. The fraction of sp³-hybridized carbons (Fsp3) is 0.833. The number of ether oxygens (including phenoxy) is 1. The van der Waals surface area contributed by atoms with Gasteiger partial charge in [-0.1, -0.05) is 0 Å². The van der Waals surface area contributed by atoms with Gasteiger partial charge in [-0.2, -0.15) is 8.78 Å². The molecule has 64 valence electrons. The maximum atomic E-state index is 12.6. The van der Waals surface area contributed by atoms with Crippen LogP contribution in [0.1, 0.15) is 13.3 Å². The first kappa shape index (κ1) is 8.39. The molecule has 1 aliphatic rings. The van der Waals surface area contributed by atoms with Crippen LogP contribution in [0.4, 0.5) is 8.78 Å². The van der Waals surface area contributed by atoms with E-state index in [9.17, 15) is 13.6 Å². The van der Waals surface area contributed by atoms with Crippen molar-refractivity contribution in [1.29, 1.82) is 0 Å². The van der Waals surface area contributed by atoms with Crippen molar-refractivity contribution in [3.63, 3.8) is 0 Å². The van der Waals surface area contributed by atoms with Gasteiger partial charge in [0.25, 0.3) is 0 Å². The van der Waals surface area contributed by atoms with Crippen LogP contribution in [0.3, 0.4) is 0 Å². The van der Waals surface area contributed by atoms with E-state index in [0.717, 1.165) is 6.92 Å². The van der Waals surface area contributed by atoms with Gasteiger partial charge in [-0.3, -0.25) is 4.79 Å². The summed E-state index contributed by atoms with van der Waals surface area (Å²) in [6.07, 6.45) is -0.653. The lowest BCUT2D eigenvalue weighted by Crippen LogP contribution is -2.54. The lowest BCUT2D eigenvalue weighted by molar-refractivity contribution is -0.231. The molecule has 0 aliphatic carbocycles. The summed E-state index contributed by atoms with van der Waals surface area (Å²) in [5.41, 5.74) is -2.26. The molecule has 0 saturated carbocycles. The van der Waals surface area contributed by atoms with Gasteiger partial charge in [-0.05, 0) is 6.92 Å². The zero-order valence-corrected chi connectivity index (χ0v) is 5.93. The van der Waals surface area contributed by atoms with Crippen LogP contribution in [0.5, 0.6) is 0 Å². The summed E-state index contributed by atoms with van der Waals surface area (Å²) in [4.78, 5) is 10.5. The van der Waals surface area contributed by atoms with Crippen molar-refractivity contribution in [2.24, 2.45) is 0 Å². The molecule has 1 rings (SSSR count). The fourth-order valence-corrected chi connectivity index (χ4v) is 0.788. The minimum atomic E-state index is -3.33. The number of esters is 1. The highest BCUT2D eigenvalue weighted by Crippen LogP contribution is 2.35. The fourth-order valence-electron chi connectivity index (χ4n) is 0.788. The summed E-state index contributed by atoms with van der Waals surface area (Å²) in [6.45, 7) is -0.105. The predicted octanol–water partition coefficient (Wildman–Crippen LogP) is 0.320. The third-order valence-corrected chi connectivity index (χ3v) is 1.69. The topological polar surface area (TPSA) is 46.5 Å². The van der Waals surface area contributed by atoms with E-state index in [4.69, 9.17) is 5.11 Å². The third-order valence-electron chi connectivity index (χ3n) is 1.69. The Morgan fingerprint density at radius 2 is 2.18 bits per heavy atom. The van der Waals surface area contributed by atoms with Crippen LogP contribution in [0.25, 0.3) is 0 Å². The Kier molecular flexibility index (Phi) is 1.63. The number of rotatable bonds is 0. The van der Waals surface area contributed by atoms with Crippen LogP contribution in [0, 0.1) is 0 Å². The number of cyclic esters (lactones) is 1. The van der Waals surface area contributed by atoms with Crippen molar-refractivity contribution < 1.29 is 23.4 Å². The summed E-state index contributed by atoms with van der Waals surface area (Å²) >= 11 is 0. The molecule has 3 nitrogen and oxygen atoms in total. The Morgan fingerprint density at radius 1 is 1.64 bits per heavy atom. The van der Waals surface area contributed by atoms with E-state index in [1.807, 2.05) is 0 Å². The number of aliphatic hydroxyl groups is 1. The van der Waals surface area contributed by atoms with Gasteiger partial charge in [-0.15, -0.1) is 0 Å². The first-order chi connectivity index (χ1) is 4.85. The minimum Gasteiger partial charge on any atom is -0.459 e. The molecular weight excluding hydrogens is 158 g/mol. The van der Waals surface area contributed by atoms with Gasteiger partial charge in [0.1, 0.15) is 5.60 Å². The van der Waals surface area contributed by atoms with Gasteiger partial charge in [0.05, 0.1) is 6.42 Å². The zero-order valence-electron chi connectivity index (χ0n) is 5.93. The molecule has 0 aromatic rings. The average Bonchev–Trinajstić information content (AvgIpc) is 1.80. The standard InChI is InChI=1S/C6H8F2O3/c1-5(10)2-4(9)11-3-6(5,7)8/h10H,2-3H2,1H3. The van der Waals surface area contributed by atoms with Crippen LogP contribution in [0.2, 0.25) is 0 Å². The Morgan fingerprint density at radius 3 is 2.55 bits per heavy atom. The van der Waals surface area contributed by atoms with Crippen LogP contribution < -0.4 is 0 Å². The molecule has 0 aromatic heterocycles. The van der Waals surface area contributed by atoms with Crippen LogP contribution in [-0.2, 0) is 9.53 Å². The highest BCUT2D eigenvalue weighted by Gasteiger charge is 2.54. The van der Waals surface area contributed by atoms with E-state index >= 15 is 0 Å². The summed E-state index contributed by atoms with van der Waals surface area (Å²) in [7, 11) is 0. The minimum absolute atomic E-state index is 0.653. The largest absolute Gasteiger partial charge is 0.459 e. The second-order valence-corrected chi connectivity index (χ2v) is 2.82. The molecule has 0 amide bonds. The number of alkyl halides is 2. The Labute approximate surface area is 62.0 Å².